The Bertz CT molecular complexity index is 1010. The van der Waals surface area contributed by atoms with Crippen LogP contribution in [0, 0.1) is 0 Å². The van der Waals surface area contributed by atoms with Crippen LogP contribution in [0.25, 0.3) is 0 Å². The molecule has 0 spiro atoms. The van der Waals surface area contributed by atoms with E-state index in [2.05, 4.69) is 44.4 Å². The van der Waals surface area contributed by atoms with E-state index >= 15 is 0 Å². The third-order valence-corrected chi connectivity index (χ3v) is 5.43. The molecule has 2 N–H and O–H groups in total. The fourth-order valence-corrected chi connectivity index (χ4v) is 3.73. The van der Waals surface area contributed by atoms with E-state index in [-0.39, 0.29) is 5.56 Å². The molecular formula is C24H26N4O3. The lowest BCUT2D eigenvalue weighted by Gasteiger charge is -2.35. The van der Waals surface area contributed by atoms with Crippen molar-refractivity contribution in [2.24, 2.45) is 0 Å². The average molecular weight is 418 g/mol. The van der Waals surface area contributed by atoms with Crippen LogP contribution in [-0.2, 0) is 6.54 Å². The Labute approximate surface area is 181 Å². The van der Waals surface area contributed by atoms with Gasteiger partial charge in [-0.05, 0) is 54.1 Å². The van der Waals surface area contributed by atoms with Crippen LogP contribution in [0.3, 0.4) is 0 Å². The predicted octanol–water partition coefficient (Wildman–Crippen LogP) is 3.85. The Balaban J connectivity index is 1.31. The van der Waals surface area contributed by atoms with Gasteiger partial charge in [0.15, 0.2) is 0 Å². The van der Waals surface area contributed by atoms with Gasteiger partial charge in [0.2, 0.25) is 0 Å². The maximum absolute atomic E-state index is 11.5. The highest BCUT2D eigenvalue weighted by atomic mass is 16.5. The van der Waals surface area contributed by atoms with Crippen molar-refractivity contribution in [1.29, 1.82) is 0 Å². The van der Waals surface area contributed by atoms with Gasteiger partial charge in [-0.2, -0.15) is 0 Å². The molecule has 1 fully saturated rings. The Morgan fingerprint density at radius 3 is 2.26 bits per heavy atom. The van der Waals surface area contributed by atoms with Crippen molar-refractivity contribution in [2.75, 3.05) is 43.5 Å². The van der Waals surface area contributed by atoms with Gasteiger partial charge >= 0.3 is 5.97 Å². The summed E-state index contributed by atoms with van der Waals surface area (Å²) in [4.78, 5) is 20.2. The molecule has 0 amide bonds. The van der Waals surface area contributed by atoms with Crippen LogP contribution in [0.2, 0.25) is 0 Å². The summed E-state index contributed by atoms with van der Waals surface area (Å²) in [7, 11) is 1.66. The topological polar surface area (TPSA) is 77.9 Å². The Kier molecular flexibility index (Phi) is 6.33. The molecule has 0 bridgehead atoms. The number of pyridine rings is 1. The van der Waals surface area contributed by atoms with Crippen molar-refractivity contribution in [3.8, 4) is 5.75 Å². The molecule has 160 valence electrons. The number of piperazine rings is 1. The van der Waals surface area contributed by atoms with Crippen molar-refractivity contribution in [3.63, 3.8) is 0 Å². The number of methoxy groups -OCH3 is 1. The molecule has 2 heterocycles. The number of aromatic nitrogens is 1. The minimum Gasteiger partial charge on any atom is -0.497 e. The highest BCUT2D eigenvalue weighted by Gasteiger charge is 2.22. The molecular weight excluding hydrogens is 392 g/mol. The first-order valence-electron chi connectivity index (χ1n) is 10.3. The molecule has 1 saturated heterocycles. The van der Waals surface area contributed by atoms with Gasteiger partial charge in [-0.3, -0.25) is 4.90 Å². The largest absolute Gasteiger partial charge is 0.497 e. The zero-order valence-corrected chi connectivity index (χ0v) is 17.5. The van der Waals surface area contributed by atoms with Crippen molar-refractivity contribution >= 4 is 23.2 Å². The van der Waals surface area contributed by atoms with Crippen molar-refractivity contribution in [1.82, 2.24) is 9.88 Å². The summed E-state index contributed by atoms with van der Waals surface area (Å²) in [6, 6.07) is 19.6. The van der Waals surface area contributed by atoms with Crippen LogP contribution < -0.4 is 15.0 Å². The van der Waals surface area contributed by atoms with Crippen LogP contribution in [0.5, 0.6) is 5.75 Å². The third kappa shape index (κ3) is 5.13. The Hall–Kier alpha value is -3.58. The number of ether oxygens (including phenoxy) is 1. The molecule has 0 aliphatic carbocycles. The summed E-state index contributed by atoms with van der Waals surface area (Å²) in [5.41, 5.74) is 3.56. The average Bonchev–Trinajstić information content (AvgIpc) is 2.81. The maximum atomic E-state index is 11.5. The Morgan fingerprint density at radius 1 is 1.00 bits per heavy atom. The van der Waals surface area contributed by atoms with E-state index in [1.807, 2.05) is 24.3 Å². The number of carboxylic acid groups (broad SMARTS) is 1. The van der Waals surface area contributed by atoms with Crippen molar-refractivity contribution in [3.05, 3.63) is 78.0 Å². The number of nitrogens with one attached hydrogen (secondary N) is 1. The standard InChI is InChI=1S/C24H26N4O3/c1-31-21-10-8-20(9-11-21)26-19-6-4-18(5-7-19)17-27-13-15-28(16-14-27)23-22(24(29)30)3-2-12-25-23/h2-12,26H,13-17H2,1H3,(H,29,30). The monoisotopic (exact) mass is 418 g/mol. The first kappa shape index (κ1) is 20.7. The van der Waals surface area contributed by atoms with Gasteiger partial charge in [-0.25, -0.2) is 9.78 Å². The van der Waals surface area contributed by atoms with Crippen LogP contribution in [0.15, 0.2) is 66.9 Å². The van der Waals surface area contributed by atoms with E-state index in [1.165, 1.54) is 5.56 Å². The molecule has 0 atom stereocenters. The zero-order chi connectivity index (χ0) is 21.6. The molecule has 1 aromatic heterocycles. The molecule has 7 heteroatoms. The highest BCUT2D eigenvalue weighted by molar-refractivity contribution is 5.93. The van der Waals surface area contributed by atoms with Crippen molar-refractivity contribution < 1.29 is 14.6 Å². The predicted molar refractivity (Wildman–Crippen MR) is 121 cm³/mol. The van der Waals surface area contributed by atoms with E-state index in [4.69, 9.17) is 4.74 Å². The SMILES string of the molecule is COc1ccc(Nc2ccc(CN3CCN(c4ncccc4C(=O)O)CC3)cc2)cc1. The van der Waals surface area contributed by atoms with Gasteiger partial charge in [0, 0.05) is 50.3 Å². The minimum atomic E-state index is -0.936. The van der Waals surface area contributed by atoms with Gasteiger partial charge in [-0.1, -0.05) is 12.1 Å². The van der Waals surface area contributed by atoms with Gasteiger partial charge in [0.25, 0.3) is 0 Å². The molecule has 1 aliphatic rings. The minimum absolute atomic E-state index is 0.260. The number of rotatable bonds is 7. The van der Waals surface area contributed by atoms with E-state index < -0.39 is 5.97 Å². The summed E-state index contributed by atoms with van der Waals surface area (Å²) in [5, 5.41) is 12.8. The highest BCUT2D eigenvalue weighted by Crippen LogP contribution is 2.22. The summed E-state index contributed by atoms with van der Waals surface area (Å²) >= 11 is 0. The van der Waals surface area contributed by atoms with E-state index in [1.54, 1.807) is 25.4 Å². The number of anilines is 3. The summed E-state index contributed by atoms with van der Waals surface area (Å²) < 4.78 is 5.19. The molecule has 2 aromatic carbocycles. The second-order valence-corrected chi connectivity index (χ2v) is 7.49. The number of hydrogen-bond acceptors (Lipinski definition) is 6. The molecule has 31 heavy (non-hydrogen) atoms. The molecule has 7 nitrogen and oxygen atoms in total. The lowest BCUT2D eigenvalue weighted by atomic mass is 10.1. The second kappa shape index (κ2) is 9.49. The summed E-state index contributed by atoms with van der Waals surface area (Å²) in [6.07, 6.45) is 1.65. The van der Waals surface area contributed by atoms with Crippen LogP contribution in [0.4, 0.5) is 17.2 Å². The molecule has 4 rings (SSSR count). The number of hydrogen-bond donors (Lipinski definition) is 2. The molecule has 3 aromatic rings. The van der Waals surface area contributed by atoms with Gasteiger partial charge in [0.05, 0.1) is 7.11 Å². The van der Waals surface area contributed by atoms with E-state index in [9.17, 15) is 9.90 Å². The number of carbonyl (C=O) groups is 1. The number of benzene rings is 2. The van der Waals surface area contributed by atoms with Crippen LogP contribution >= 0.6 is 0 Å². The Morgan fingerprint density at radius 2 is 1.65 bits per heavy atom. The zero-order valence-electron chi connectivity index (χ0n) is 17.5. The molecule has 1 aliphatic heterocycles. The van der Waals surface area contributed by atoms with Gasteiger partial charge in [0.1, 0.15) is 17.1 Å². The fraction of sp³-hybridized carbons (Fsp3) is 0.250. The lowest BCUT2D eigenvalue weighted by Crippen LogP contribution is -2.46. The number of nitrogens with zero attached hydrogens (tertiary/aromatic N) is 3. The van der Waals surface area contributed by atoms with Crippen LogP contribution in [0.1, 0.15) is 15.9 Å². The fourth-order valence-electron chi connectivity index (χ4n) is 3.73. The smallest absolute Gasteiger partial charge is 0.339 e. The number of aromatic carboxylic acids is 1. The lowest BCUT2D eigenvalue weighted by molar-refractivity contribution is 0.0697. The van der Waals surface area contributed by atoms with Gasteiger partial charge in [-0.15, -0.1) is 0 Å². The summed E-state index contributed by atoms with van der Waals surface area (Å²) in [5.74, 6) is 0.459. The quantitative estimate of drug-likeness (QED) is 0.603. The van der Waals surface area contributed by atoms with E-state index in [0.717, 1.165) is 49.8 Å². The van der Waals surface area contributed by atoms with Gasteiger partial charge < -0.3 is 20.1 Å². The third-order valence-electron chi connectivity index (χ3n) is 5.43. The molecule has 0 unspecified atom stereocenters. The molecule has 0 saturated carbocycles. The van der Waals surface area contributed by atoms with Crippen LogP contribution in [-0.4, -0.2) is 54.2 Å². The normalized spacial score (nSPS) is 14.3. The summed E-state index contributed by atoms with van der Waals surface area (Å²) in [6.45, 7) is 4.11. The first-order valence-corrected chi connectivity index (χ1v) is 10.3. The number of carboxylic acids is 1. The maximum Gasteiger partial charge on any atom is 0.339 e. The second-order valence-electron chi connectivity index (χ2n) is 7.49. The van der Waals surface area contributed by atoms with E-state index in [0.29, 0.717) is 5.82 Å². The van der Waals surface area contributed by atoms with Crippen molar-refractivity contribution in [2.45, 2.75) is 6.54 Å². The molecule has 0 radical (unpaired) electrons. The first-order chi connectivity index (χ1) is 15.1.